The lowest BCUT2D eigenvalue weighted by Gasteiger charge is -2.38. The maximum absolute atomic E-state index is 12.7. The molecule has 1 aliphatic rings. The van der Waals surface area contributed by atoms with Crippen molar-refractivity contribution in [3.63, 3.8) is 0 Å². The first kappa shape index (κ1) is 27.3. The number of hydrogen-bond donors (Lipinski definition) is 3. The van der Waals surface area contributed by atoms with Crippen LogP contribution in [0.5, 0.6) is 0 Å². The molecule has 0 amide bonds. The van der Waals surface area contributed by atoms with Gasteiger partial charge in [0, 0.05) is 30.4 Å². The minimum Gasteiger partial charge on any atom is -0.756 e. The molecule has 0 fully saturated rings. The van der Waals surface area contributed by atoms with Crippen molar-refractivity contribution in [1.82, 2.24) is 20.0 Å². The maximum Gasteiger partial charge on any atom is 0.173 e. The number of aliphatic imine (C=N–C) groups is 1. The minimum atomic E-state index is -1.34. The number of nitrogens with zero attached hydrogens (tertiary/aromatic N) is 5. The van der Waals surface area contributed by atoms with Gasteiger partial charge in [-0.1, -0.05) is 51.1 Å². The first-order chi connectivity index (χ1) is 17.6. The second-order valence-electron chi connectivity index (χ2n) is 10.5. The minimum absolute atomic E-state index is 0.0222. The number of hydroxylamine groups is 1. The van der Waals surface area contributed by atoms with Crippen LogP contribution >= 0.6 is 15.9 Å². The van der Waals surface area contributed by atoms with E-state index >= 15 is 0 Å². The summed E-state index contributed by atoms with van der Waals surface area (Å²) in [5, 5.41) is 34.8. The van der Waals surface area contributed by atoms with Crippen LogP contribution in [-0.2, 0) is 0 Å². The van der Waals surface area contributed by atoms with E-state index in [9.17, 15) is 10.3 Å². The predicted octanol–water partition coefficient (Wildman–Crippen LogP) is 4.78. The molecular formula is C27H35BrN7O2-. The Morgan fingerprint density at radius 3 is 2.46 bits per heavy atom. The second-order valence-corrected chi connectivity index (χ2v) is 11.4. The molecule has 0 aliphatic carbocycles. The molecule has 0 spiro atoms. The van der Waals surface area contributed by atoms with Gasteiger partial charge in [0.05, 0.1) is 16.4 Å². The van der Waals surface area contributed by atoms with Crippen molar-refractivity contribution >= 4 is 38.8 Å². The van der Waals surface area contributed by atoms with Gasteiger partial charge in [0.25, 0.3) is 0 Å². The zero-order valence-electron chi connectivity index (χ0n) is 21.9. The van der Waals surface area contributed by atoms with Crippen LogP contribution in [0.25, 0.3) is 0 Å². The van der Waals surface area contributed by atoms with Gasteiger partial charge < -0.3 is 25.6 Å². The molecule has 4 rings (SSSR count). The Labute approximate surface area is 226 Å². The number of aliphatic hydroxyl groups excluding tert-OH is 1. The number of rotatable bonds is 10. The van der Waals surface area contributed by atoms with Crippen LogP contribution in [0.15, 0.2) is 70.3 Å². The predicted molar refractivity (Wildman–Crippen MR) is 153 cm³/mol. The van der Waals surface area contributed by atoms with Gasteiger partial charge in [-0.05, 0) is 65.3 Å². The maximum atomic E-state index is 12.7. The van der Waals surface area contributed by atoms with Crippen molar-refractivity contribution in [3.8, 4) is 0 Å². The molecule has 3 unspecified atom stereocenters. The van der Waals surface area contributed by atoms with Gasteiger partial charge in [0.15, 0.2) is 12.2 Å². The number of fused-ring (bicyclic) bond motifs is 1. The Kier molecular flexibility index (Phi) is 8.35. The largest absolute Gasteiger partial charge is 0.756 e. The summed E-state index contributed by atoms with van der Waals surface area (Å²) in [6.45, 7) is 7.63. The van der Waals surface area contributed by atoms with E-state index in [4.69, 9.17) is 4.99 Å². The lowest BCUT2D eigenvalue weighted by atomic mass is 9.93. The SMILES string of the molecule is CC1C(c2ccccc2)=Nc2c(Br)cnn2C1Nc1ccc(N([O-])C(O)NCC(C)(C)CN(C)C)cc1. The van der Waals surface area contributed by atoms with Crippen molar-refractivity contribution in [2.75, 3.05) is 37.6 Å². The summed E-state index contributed by atoms with van der Waals surface area (Å²) in [7, 11) is 4.01. The number of aliphatic hydroxyl groups is 1. The van der Waals surface area contributed by atoms with Gasteiger partial charge in [-0.15, -0.1) is 0 Å². The quantitative estimate of drug-likeness (QED) is 0.238. The van der Waals surface area contributed by atoms with E-state index in [-0.39, 0.29) is 17.5 Å². The third-order valence-corrected chi connectivity index (χ3v) is 6.92. The molecule has 198 valence electrons. The number of anilines is 2. The van der Waals surface area contributed by atoms with Crippen LogP contribution in [0.3, 0.4) is 0 Å². The van der Waals surface area contributed by atoms with Gasteiger partial charge in [0.2, 0.25) is 0 Å². The summed E-state index contributed by atoms with van der Waals surface area (Å²) in [4.78, 5) is 6.98. The first-order valence-corrected chi connectivity index (χ1v) is 13.1. The summed E-state index contributed by atoms with van der Waals surface area (Å²) in [6, 6.07) is 17.2. The van der Waals surface area contributed by atoms with Crippen LogP contribution in [0, 0.1) is 16.5 Å². The fourth-order valence-corrected chi connectivity index (χ4v) is 5.08. The van der Waals surface area contributed by atoms with E-state index in [1.54, 1.807) is 18.3 Å². The van der Waals surface area contributed by atoms with E-state index in [2.05, 4.69) is 69.5 Å². The van der Waals surface area contributed by atoms with Crippen LogP contribution in [-0.4, -0.2) is 59.0 Å². The number of aromatic nitrogens is 2. The smallest absolute Gasteiger partial charge is 0.173 e. The molecule has 2 heterocycles. The topological polar surface area (TPSA) is 104 Å². The van der Waals surface area contributed by atoms with Crippen LogP contribution in [0.4, 0.5) is 17.2 Å². The number of benzene rings is 2. The molecule has 2 aromatic carbocycles. The van der Waals surface area contributed by atoms with Crippen LogP contribution in [0.2, 0.25) is 0 Å². The Morgan fingerprint density at radius 2 is 1.81 bits per heavy atom. The highest BCUT2D eigenvalue weighted by atomic mass is 79.9. The number of nitrogens with one attached hydrogen (secondary N) is 2. The third-order valence-electron chi connectivity index (χ3n) is 6.36. The van der Waals surface area contributed by atoms with E-state index in [1.165, 1.54) is 0 Å². The summed E-state index contributed by atoms with van der Waals surface area (Å²) in [5.41, 5.74) is 3.13. The molecule has 0 saturated heterocycles. The molecule has 3 aromatic rings. The van der Waals surface area contributed by atoms with E-state index in [1.807, 2.05) is 49.1 Å². The van der Waals surface area contributed by atoms with E-state index in [0.717, 1.165) is 33.8 Å². The lowest BCUT2D eigenvalue weighted by molar-refractivity contribution is 0.117. The molecule has 3 N–H and O–H groups in total. The van der Waals surface area contributed by atoms with Crippen LogP contribution < -0.4 is 15.7 Å². The van der Waals surface area contributed by atoms with Gasteiger partial charge in [-0.25, -0.2) is 9.67 Å². The van der Waals surface area contributed by atoms with Crippen LogP contribution in [0.1, 0.15) is 32.5 Å². The van der Waals surface area contributed by atoms with Crippen molar-refractivity contribution in [2.45, 2.75) is 33.3 Å². The van der Waals surface area contributed by atoms with E-state index in [0.29, 0.717) is 17.3 Å². The molecule has 1 aliphatic heterocycles. The van der Waals surface area contributed by atoms with Crippen molar-refractivity contribution < 1.29 is 5.11 Å². The summed E-state index contributed by atoms with van der Waals surface area (Å²) in [5.74, 6) is 0.775. The van der Waals surface area contributed by atoms with Crippen molar-refractivity contribution in [1.29, 1.82) is 0 Å². The molecule has 37 heavy (non-hydrogen) atoms. The number of halogens is 1. The molecule has 1 aromatic heterocycles. The number of hydrogen-bond acceptors (Lipinski definition) is 8. The lowest BCUT2D eigenvalue weighted by Crippen LogP contribution is -2.48. The molecule has 10 heteroatoms. The fourth-order valence-electron chi connectivity index (χ4n) is 4.72. The Hall–Kier alpha value is -2.76. The molecule has 0 radical (unpaired) electrons. The second kappa shape index (κ2) is 11.3. The molecule has 3 atom stereocenters. The van der Waals surface area contributed by atoms with Crippen molar-refractivity contribution in [2.24, 2.45) is 16.3 Å². The first-order valence-electron chi connectivity index (χ1n) is 12.3. The monoisotopic (exact) mass is 568 g/mol. The van der Waals surface area contributed by atoms with E-state index < -0.39 is 6.35 Å². The van der Waals surface area contributed by atoms with Gasteiger partial charge >= 0.3 is 0 Å². The Bertz CT molecular complexity index is 1210. The van der Waals surface area contributed by atoms with Gasteiger partial charge in [-0.2, -0.15) is 5.10 Å². The summed E-state index contributed by atoms with van der Waals surface area (Å²) < 4.78 is 2.70. The molecule has 9 nitrogen and oxygen atoms in total. The standard InChI is InChI=1S/C27H35BrN7O2/c1-18-23(19-9-7-6-8-10-19)32-25-22(28)15-30-34(25)24(18)31-20-11-13-21(14-12-20)35(37)26(36)29-16-27(2,3)17-33(4)5/h6-15,18,24,26,29,31,36H,16-17H2,1-5H3/q-1. The summed E-state index contributed by atoms with van der Waals surface area (Å²) in [6.07, 6.45) is 0.225. The highest BCUT2D eigenvalue weighted by molar-refractivity contribution is 9.10. The normalized spacial score (nSPS) is 18.4. The average molecular weight is 570 g/mol. The summed E-state index contributed by atoms with van der Waals surface area (Å²) >= 11 is 3.57. The third kappa shape index (κ3) is 6.39. The Morgan fingerprint density at radius 1 is 1.14 bits per heavy atom. The fraction of sp³-hybridized carbons (Fsp3) is 0.407. The zero-order valence-corrected chi connectivity index (χ0v) is 23.5. The van der Waals surface area contributed by atoms with Crippen molar-refractivity contribution in [3.05, 3.63) is 76.0 Å². The Balaban J connectivity index is 1.46. The zero-order chi connectivity index (χ0) is 26.7. The van der Waals surface area contributed by atoms with Gasteiger partial charge in [0.1, 0.15) is 6.17 Å². The van der Waals surface area contributed by atoms with Gasteiger partial charge in [-0.3, -0.25) is 5.32 Å². The average Bonchev–Trinajstić information content (AvgIpc) is 3.24. The molecule has 0 saturated carbocycles. The highest BCUT2D eigenvalue weighted by Gasteiger charge is 2.32. The molecular weight excluding hydrogens is 534 g/mol. The molecule has 0 bridgehead atoms. The highest BCUT2D eigenvalue weighted by Crippen LogP contribution is 2.38.